The molecule has 1 aliphatic rings. The molecular weight excluding hydrogens is 272 g/mol. The molecule has 1 aromatic carbocycles. The maximum atomic E-state index is 12.1. The molecule has 0 aliphatic carbocycles. The Bertz CT molecular complexity index is 515. The minimum absolute atomic E-state index is 0.126. The van der Waals surface area contributed by atoms with Crippen molar-refractivity contribution in [2.24, 2.45) is 5.92 Å². The summed E-state index contributed by atoms with van der Waals surface area (Å²) in [7, 11) is 0. The van der Waals surface area contributed by atoms with Gasteiger partial charge in [-0.1, -0.05) is 19.1 Å². The normalized spacial score (nSPS) is 19.3. The number of urea groups is 1. The van der Waals surface area contributed by atoms with Crippen LogP contribution in [0.25, 0.3) is 0 Å². The maximum absolute atomic E-state index is 12.1. The number of carbonyl (C=O) groups is 2. The van der Waals surface area contributed by atoms with Crippen LogP contribution in [0.2, 0.25) is 0 Å². The summed E-state index contributed by atoms with van der Waals surface area (Å²) in [5.41, 5.74) is 0.746. The Morgan fingerprint density at radius 1 is 1.38 bits per heavy atom. The minimum Gasteiger partial charge on any atom is -0.508 e. The summed E-state index contributed by atoms with van der Waals surface area (Å²) in [6, 6.07) is 4.99. The SMILES string of the molecule is CC1CCN(C(=O)NC(Cc2ccc(O)cc2)C(=O)O)C1. The first-order valence-electron chi connectivity index (χ1n) is 7.02. The van der Waals surface area contributed by atoms with Crippen molar-refractivity contribution in [1.29, 1.82) is 0 Å². The van der Waals surface area contributed by atoms with Crippen LogP contribution in [0.3, 0.4) is 0 Å². The van der Waals surface area contributed by atoms with Gasteiger partial charge in [-0.25, -0.2) is 9.59 Å². The number of likely N-dealkylation sites (tertiary alicyclic amines) is 1. The number of hydrogen-bond donors (Lipinski definition) is 3. The average molecular weight is 292 g/mol. The molecule has 0 aromatic heterocycles. The van der Waals surface area contributed by atoms with Gasteiger partial charge in [0, 0.05) is 19.5 Å². The molecule has 2 amide bonds. The van der Waals surface area contributed by atoms with Crippen LogP contribution in [0.15, 0.2) is 24.3 Å². The van der Waals surface area contributed by atoms with Crippen molar-refractivity contribution in [3.05, 3.63) is 29.8 Å². The molecule has 2 unspecified atom stereocenters. The molecule has 0 bridgehead atoms. The molecule has 1 saturated heterocycles. The molecule has 1 aliphatic heterocycles. The highest BCUT2D eigenvalue weighted by atomic mass is 16.4. The lowest BCUT2D eigenvalue weighted by Crippen LogP contribution is -2.48. The Morgan fingerprint density at radius 3 is 2.57 bits per heavy atom. The smallest absolute Gasteiger partial charge is 0.326 e. The van der Waals surface area contributed by atoms with Crippen molar-refractivity contribution in [3.63, 3.8) is 0 Å². The van der Waals surface area contributed by atoms with E-state index in [0.717, 1.165) is 12.0 Å². The van der Waals surface area contributed by atoms with E-state index in [0.29, 0.717) is 19.0 Å². The lowest BCUT2D eigenvalue weighted by molar-refractivity contribution is -0.139. The van der Waals surface area contributed by atoms with Gasteiger partial charge in [-0.15, -0.1) is 0 Å². The van der Waals surface area contributed by atoms with Gasteiger partial charge in [0.15, 0.2) is 0 Å². The van der Waals surface area contributed by atoms with Crippen LogP contribution in [0.4, 0.5) is 4.79 Å². The number of rotatable bonds is 4. The van der Waals surface area contributed by atoms with Crippen LogP contribution >= 0.6 is 0 Å². The van der Waals surface area contributed by atoms with E-state index in [-0.39, 0.29) is 18.2 Å². The summed E-state index contributed by atoms with van der Waals surface area (Å²) in [4.78, 5) is 25.0. The van der Waals surface area contributed by atoms with Gasteiger partial charge in [-0.3, -0.25) is 0 Å². The largest absolute Gasteiger partial charge is 0.508 e. The van der Waals surface area contributed by atoms with Crippen LogP contribution in [0, 0.1) is 5.92 Å². The Hall–Kier alpha value is -2.24. The van der Waals surface area contributed by atoms with Crippen molar-refractivity contribution in [1.82, 2.24) is 10.2 Å². The van der Waals surface area contributed by atoms with E-state index >= 15 is 0 Å². The molecule has 0 radical (unpaired) electrons. The second-order valence-corrected chi connectivity index (χ2v) is 5.55. The fourth-order valence-corrected chi connectivity index (χ4v) is 2.43. The molecular formula is C15H20N2O4. The summed E-state index contributed by atoms with van der Waals surface area (Å²) in [6.45, 7) is 3.40. The molecule has 1 fully saturated rings. The Kier molecular flexibility index (Phi) is 4.67. The number of phenols is 1. The summed E-state index contributed by atoms with van der Waals surface area (Å²) >= 11 is 0. The van der Waals surface area contributed by atoms with Gasteiger partial charge >= 0.3 is 12.0 Å². The van der Waals surface area contributed by atoms with Gasteiger partial charge in [0.05, 0.1) is 0 Å². The predicted octanol–water partition coefficient (Wildman–Crippen LogP) is 1.44. The zero-order chi connectivity index (χ0) is 15.4. The summed E-state index contributed by atoms with van der Waals surface area (Å²) in [5.74, 6) is -0.486. The highest BCUT2D eigenvalue weighted by Crippen LogP contribution is 2.15. The number of aromatic hydroxyl groups is 1. The Balaban J connectivity index is 1.97. The number of aliphatic carboxylic acids is 1. The molecule has 21 heavy (non-hydrogen) atoms. The van der Waals surface area contributed by atoms with Crippen molar-refractivity contribution in [2.75, 3.05) is 13.1 Å². The Labute approximate surface area is 123 Å². The minimum atomic E-state index is -1.07. The molecule has 2 rings (SSSR count). The van der Waals surface area contributed by atoms with Crippen molar-refractivity contribution in [2.45, 2.75) is 25.8 Å². The number of hydrogen-bond acceptors (Lipinski definition) is 3. The molecule has 114 valence electrons. The maximum Gasteiger partial charge on any atom is 0.326 e. The molecule has 1 aromatic rings. The number of phenolic OH excluding ortho intramolecular Hbond substituents is 1. The van der Waals surface area contributed by atoms with Gasteiger partial charge in [0.2, 0.25) is 0 Å². The molecule has 6 nitrogen and oxygen atoms in total. The second-order valence-electron chi connectivity index (χ2n) is 5.55. The van der Waals surface area contributed by atoms with Crippen molar-refractivity contribution < 1.29 is 19.8 Å². The second kappa shape index (κ2) is 6.47. The number of nitrogens with one attached hydrogen (secondary N) is 1. The van der Waals surface area contributed by atoms with Crippen LogP contribution in [0.5, 0.6) is 5.75 Å². The first-order valence-corrected chi connectivity index (χ1v) is 7.02. The molecule has 6 heteroatoms. The summed E-state index contributed by atoms with van der Waals surface area (Å²) in [6.07, 6.45) is 1.13. The third kappa shape index (κ3) is 4.11. The number of amides is 2. The van der Waals surface area contributed by atoms with E-state index in [2.05, 4.69) is 12.2 Å². The van der Waals surface area contributed by atoms with E-state index in [4.69, 9.17) is 0 Å². The van der Waals surface area contributed by atoms with Crippen LogP contribution in [-0.4, -0.2) is 46.2 Å². The first-order chi connectivity index (χ1) is 9.95. The number of carboxylic acids is 1. The van der Waals surface area contributed by atoms with Gasteiger partial charge in [-0.2, -0.15) is 0 Å². The monoisotopic (exact) mass is 292 g/mol. The third-order valence-electron chi connectivity index (χ3n) is 3.68. The number of benzene rings is 1. The van der Waals surface area contributed by atoms with Crippen molar-refractivity contribution in [3.8, 4) is 5.75 Å². The lowest BCUT2D eigenvalue weighted by Gasteiger charge is -2.21. The Morgan fingerprint density at radius 2 is 2.05 bits per heavy atom. The number of carbonyl (C=O) groups excluding carboxylic acids is 1. The quantitative estimate of drug-likeness (QED) is 0.783. The van der Waals surface area contributed by atoms with Crippen LogP contribution < -0.4 is 5.32 Å². The van der Waals surface area contributed by atoms with Crippen LogP contribution in [-0.2, 0) is 11.2 Å². The zero-order valence-electron chi connectivity index (χ0n) is 12.0. The molecule has 3 N–H and O–H groups in total. The number of nitrogens with zero attached hydrogens (tertiary/aromatic N) is 1. The number of carboxylic acid groups (broad SMARTS) is 1. The van der Waals surface area contributed by atoms with Gasteiger partial charge in [0.25, 0.3) is 0 Å². The van der Waals surface area contributed by atoms with E-state index < -0.39 is 12.0 Å². The predicted molar refractivity (Wildman–Crippen MR) is 77.1 cm³/mol. The van der Waals surface area contributed by atoms with E-state index in [1.54, 1.807) is 17.0 Å². The molecule has 1 heterocycles. The fraction of sp³-hybridized carbons (Fsp3) is 0.467. The molecule has 0 spiro atoms. The molecule has 2 atom stereocenters. The van der Waals surface area contributed by atoms with Gasteiger partial charge in [-0.05, 0) is 30.0 Å². The lowest BCUT2D eigenvalue weighted by atomic mass is 10.1. The highest BCUT2D eigenvalue weighted by Gasteiger charge is 2.27. The topological polar surface area (TPSA) is 89.9 Å². The van der Waals surface area contributed by atoms with Gasteiger partial charge in [0.1, 0.15) is 11.8 Å². The summed E-state index contributed by atoms with van der Waals surface area (Å²) < 4.78 is 0. The van der Waals surface area contributed by atoms with E-state index in [9.17, 15) is 19.8 Å². The zero-order valence-corrected chi connectivity index (χ0v) is 12.0. The van der Waals surface area contributed by atoms with Crippen LogP contribution in [0.1, 0.15) is 18.9 Å². The highest BCUT2D eigenvalue weighted by molar-refractivity contribution is 5.83. The molecule has 0 saturated carbocycles. The standard InChI is InChI=1S/C15H20N2O4/c1-10-6-7-17(9-10)15(21)16-13(14(19)20)8-11-2-4-12(18)5-3-11/h2-5,10,13,18H,6-9H2,1H3,(H,16,21)(H,19,20). The fourth-order valence-electron chi connectivity index (χ4n) is 2.43. The van der Waals surface area contributed by atoms with Gasteiger partial charge < -0.3 is 20.4 Å². The van der Waals surface area contributed by atoms with Crippen molar-refractivity contribution >= 4 is 12.0 Å². The van der Waals surface area contributed by atoms with E-state index in [1.165, 1.54) is 12.1 Å². The average Bonchev–Trinajstić information content (AvgIpc) is 2.87. The third-order valence-corrected chi connectivity index (χ3v) is 3.68. The summed E-state index contributed by atoms with van der Waals surface area (Å²) in [5, 5.41) is 21.0. The van der Waals surface area contributed by atoms with E-state index in [1.807, 2.05) is 0 Å². The first kappa shape index (κ1) is 15.2.